The Labute approximate surface area is 133 Å². The molecule has 2 aliphatic rings. The quantitative estimate of drug-likeness (QED) is 0.878. The van der Waals surface area contributed by atoms with Crippen LogP contribution in [0.4, 0.5) is 0 Å². The van der Waals surface area contributed by atoms with Crippen molar-refractivity contribution in [3.8, 4) is 0 Å². The van der Waals surface area contributed by atoms with Crippen LogP contribution in [-0.2, 0) is 4.74 Å². The van der Waals surface area contributed by atoms with Crippen molar-refractivity contribution in [3.05, 3.63) is 34.9 Å². The van der Waals surface area contributed by atoms with E-state index in [1.165, 1.54) is 50.5 Å². The molecule has 0 radical (unpaired) electrons. The summed E-state index contributed by atoms with van der Waals surface area (Å²) in [7, 11) is 0. The van der Waals surface area contributed by atoms with Gasteiger partial charge in [0.1, 0.15) is 0 Å². The summed E-state index contributed by atoms with van der Waals surface area (Å²) in [5.74, 6) is 0.381. The molecule has 1 aromatic carbocycles. The first-order valence-electron chi connectivity index (χ1n) is 8.34. The lowest BCUT2D eigenvalue weighted by Gasteiger charge is -2.33. The summed E-state index contributed by atoms with van der Waals surface area (Å²) in [6.07, 6.45) is 10.4. The number of nitrogens with two attached hydrogens (primary N) is 1. The maximum absolute atomic E-state index is 6.49. The lowest BCUT2D eigenvalue weighted by atomic mass is 9.83. The third-order valence-corrected chi connectivity index (χ3v) is 5.53. The fraction of sp³-hybridized carbons (Fsp3) is 0.667. The van der Waals surface area contributed by atoms with Crippen molar-refractivity contribution in [3.63, 3.8) is 0 Å². The van der Waals surface area contributed by atoms with Crippen LogP contribution >= 0.6 is 11.6 Å². The second-order valence-corrected chi connectivity index (χ2v) is 7.18. The molecular formula is C18H26ClNO. The van der Waals surface area contributed by atoms with Gasteiger partial charge >= 0.3 is 0 Å². The van der Waals surface area contributed by atoms with E-state index in [0.717, 1.165) is 11.4 Å². The Kier molecular flexibility index (Phi) is 4.88. The molecule has 1 heterocycles. The lowest BCUT2D eigenvalue weighted by Crippen LogP contribution is -2.32. The summed E-state index contributed by atoms with van der Waals surface area (Å²) < 4.78 is 6.49. The van der Waals surface area contributed by atoms with Crippen molar-refractivity contribution in [2.45, 2.75) is 69.0 Å². The topological polar surface area (TPSA) is 35.2 Å². The molecule has 116 valence electrons. The first-order valence-corrected chi connectivity index (χ1v) is 8.72. The highest BCUT2D eigenvalue weighted by molar-refractivity contribution is 6.30. The first-order chi connectivity index (χ1) is 10.2. The summed E-state index contributed by atoms with van der Waals surface area (Å²) >= 11 is 5.97. The SMILES string of the molecule is NCC(CC1CCC2(CCCCC2)O1)c1ccc(Cl)cc1. The highest BCUT2D eigenvalue weighted by Crippen LogP contribution is 2.43. The highest BCUT2D eigenvalue weighted by Gasteiger charge is 2.41. The van der Waals surface area contributed by atoms with Gasteiger partial charge in [-0.05, 0) is 62.3 Å². The third kappa shape index (κ3) is 3.61. The second-order valence-electron chi connectivity index (χ2n) is 6.74. The van der Waals surface area contributed by atoms with E-state index < -0.39 is 0 Å². The minimum Gasteiger partial charge on any atom is -0.372 e. The van der Waals surface area contributed by atoms with Gasteiger partial charge < -0.3 is 10.5 Å². The molecule has 0 aromatic heterocycles. The van der Waals surface area contributed by atoms with Crippen LogP contribution in [0.1, 0.15) is 62.8 Å². The van der Waals surface area contributed by atoms with Crippen LogP contribution in [-0.4, -0.2) is 18.2 Å². The number of halogens is 1. The summed E-state index contributed by atoms with van der Waals surface area (Å²) in [5, 5.41) is 0.785. The van der Waals surface area contributed by atoms with Gasteiger partial charge in [-0.3, -0.25) is 0 Å². The minimum atomic E-state index is 0.210. The van der Waals surface area contributed by atoms with E-state index >= 15 is 0 Å². The summed E-state index contributed by atoms with van der Waals surface area (Å²) in [5.41, 5.74) is 7.50. The summed E-state index contributed by atoms with van der Waals surface area (Å²) in [4.78, 5) is 0. The Balaban J connectivity index is 1.61. The fourth-order valence-electron chi connectivity index (χ4n) is 4.05. The fourth-order valence-corrected chi connectivity index (χ4v) is 4.17. The highest BCUT2D eigenvalue weighted by atomic mass is 35.5. The van der Waals surface area contributed by atoms with Crippen molar-refractivity contribution in [1.29, 1.82) is 0 Å². The first kappa shape index (κ1) is 15.3. The molecule has 1 aliphatic carbocycles. The Bertz CT molecular complexity index is 453. The van der Waals surface area contributed by atoms with Gasteiger partial charge in [-0.15, -0.1) is 0 Å². The van der Waals surface area contributed by atoms with E-state index in [4.69, 9.17) is 22.1 Å². The van der Waals surface area contributed by atoms with Gasteiger partial charge in [0.05, 0.1) is 11.7 Å². The molecule has 21 heavy (non-hydrogen) atoms. The van der Waals surface area contributed by atoms with E-state index in [1.54, 1.807) is 0 Å². The maximum atomic E-state index is 6.49. The van der Waals surface area contributed by atoms with Gasteiger partial charge in [-0.2, -0.15) is 0 Å². The second kappa shape index (κ2) is 6.68. The third-order valence-electron chi connectivity index (χ3n) is 5.28. The smallest absolute Gasteiger partial charge is 0.0687 e. The molecule has 1 aromatic rings. The van der Waals surface area contributed by atoms with Gasteiger partial charge in [-0.25, -0.2) is 0 Å². The average Bonchev–Trinajstić information content (AvgIpc) is 2.89. The number of hydrogen-bond donors (Lipinski definition) is 1. The Morgan fingerprint density at radius 2 is 1.86 bits per heavy atom. The molecule has 1 aliphatic heterocycles. The van der Waals surface area contributed by atoms with Crippen LogP contribution in [0.25, 0.3) is 0 Å². The van der Waals surface area contributed by atoms with Crippen LogP contribution in [0, 0.1) is 0 Å². The zero-order valence-corrected chi connectivity index (χ0v) is 13.4. The molecule has 2 unspecified atom stereocenters. The van der Waals surface area contributed by atoms with Crippen molar-refractivity contribution in [2.75, 3.05) is 6.54 Å². The van der Waals surface area contributed by atoms with Crippen LogP contribution < -0.4 is 5.73 Å². The number of ether oxygens (including phenoxy) is 1. The van der Waals surface area contributed by atoms with E-state index in [2.05, 4.69) is 12.1 Å². The van der Waals surface area contributed by atoms with Gasteiger partial charge in [0.25, 0.3) is 0 Å². The Morgan fingerprint density at radius 1 is 1.14 bits per heavy atom. The minimum absolute atomic E-state index is 0.210. The van der Waals surface area contributed by atoms with Gasteiger partial charge in [-0.1, -0.05) is 43.0 Å². The normalized spacial score (nSPS) is 26.1. The van der Waals surface area contributed by atoms with Crippen LogP contribution in [0.15, 0.2) is 24.3 Å². The molecular weight excluding hydrogens is 282 g/mol. The molecule has 0 bridgehead atoms. The van der Waals surface area contributed by atoms with E-state index in [9.17, 15) is 0 Å². The lowest BCUT2D eigenvalue weighted by molar-refractivity contribution is -0.0671. The van der Waals surface area contributed by atoms with Crippen LogP contribution in [0.2, 0.25) is 5.02 Å². The summed E-state index contributed by atoms with van der Waals surface area (Å²) in [6, 6.07) is 8.12. The zero-order chi connectivity index (χ0) is 14.7. The molecule has 2 atom stereocenters. The molecule has 1 saturated carbocycles. The van der Waals surface area contributed by atoms with Crippen molar-refractivity contribution in [1.82, 2.24) is 0 Å². The van der Waals surface area contributed by atoms with E-state index in [1.807, 2.05) is 12.1 Å². The molecule has 2 fully saturated rings. The van der Waals surface area contributed by atoms with Gasteiger partial charge in [0.15, 0.2) is 0 Å². The van der Waals surface area contributed by atoms with Crippen molar-refractivity contribution in [2.24, 2.45) is 5.73 Å². The molecule has 1 saturated heterocycles. The Morgan fingerprint density at radius 3 is 2.52 bits per heavy atom. The largest absolute Gasteiger partial charge is 0.372 e. The number of benzene rings is 1. The molecule has 2 N–H and O–H groups in total. The molecule has 1 spiro atoms. The standard InChI is InChI=1S/C18H26ClNO/c19-16-6-4-14(5-7-16)15(13-20)12-17-8-11-18(21-17)9-2-1-3-10-18/h4-7,15,17H,1-3,8-13,20H2. The van der Waals surface area contributed by atoms with Gasteiger partial charge in [0.2, 0.25) is 0 Å². The molecule has 2 nitrogen and oxygen atoms in total. The van der Waals surface area contributed by atoms with E-state index in [-0.39, 0.29) is 5.60 Å². The van der Waals surface area contributed by atoms with Crippen molar-refractivity contribution < 1.29 is 4.74 Å². The molecule has 3 rings (SSSR count). The predicted octanol–water partition coefficient (Wildman–Crippen LogP) is 4.65. The van der Waals surface area contributed by atoms with Crippen LogP contribution in [0.3, 0.4) is 0 Å². The number of hydrogen-bond acceptors (Lipinski definition) is 2. The molecule has 0 amide bonds. The van der Waals surface area contributed by atoms with Gasteiger partial charge in [0, 0.05) is 5.02 Å². The van der Waals surface area contributed by atoms with E-state index in [0.29, 0.717) is 18.6 Å². The van der Waals surface area contributed by atoms with Crippen LogP contribution in [0.5, 0.6) is 0 Å². The maximum Gasteiger partial charge on any atom is 0.0687 e. The molecule has 3 heteroatoms. The average molecular weight is 308 g/mol. The van der Waals surface area contributed by atoms with Crippen molar-refractivity contribution >= 4 is 11.6 Å². The monoisotopic (exact) mass is 307 g/mol. The Hall–Kier alpha value is -0.570. The predicted molar refractivity (Wildman–Crippen MR) is 87.8 cm³/mol. The zero-order valence-electron chi connectivity index (χ0n) is 12.7. The summed E-state index contributed by atoms with van der Waals surface area (Å²) in [6.45, 7) is 0.675. The number of rotatable bonds is 4.